The van der Waals surface area contributed by atoms with Crippen molar-refractivity contribution >= 4 is 21.9 Å². The molecule has 0 bridgehead atoms. The molecule has 2 rings (SSSR count). The van der Waals surface area contributed by atoms with E-state index < -0.39 is 28.4 Å². The predicted octanol–water partition coefficient (Wildman–Crippen LogP) is 1.07. The van der Waals surface area contributed by atoms with Crippen LogP contribution < -0.4 is 9.46 Å². The minimum atomic E-state index is -3.83. The number of methoxy groups -OCH3 is 1. The monoisotopic (exact) mass is 370 g/mol. The molecule has 2 N–H and O–H groups in total. The molecular formula is C16H22N2O6S. The summed E-state index contributed by atoms with van der Waals surface area (Å²) in [6.07, 6.45) is 1.56. The van der Waals surface area contributed by atoms with E-state index in [-0.39, 0.29) is 28.3 Å². The second kappa shape index (κ2) is 7.40. The van der Waals surface area contributed by atoms with Crippen molar-refractivity contribution in [3.8, 4) is 5.75 Å². The van der Waals surface area contributed by atoms with E-state index in [1.54, 1.807) is 13.8 Å². The fourth-order valence-electron chi connectivity index (χ4n) is 2.30. The van der Waals surface area contributed by atoms with E-state index in [9.17, 15) is 18.0 Å². The number of benzene rings is 1. The molecule has 0 radical (unpaired) electrons. The van der Waals surface area contributed by atoms with Gasteiger partial charge in [0.05, 0.1) is 7.11 Å². The summed E-state index contributed by atoms with van der Waals surface area (Å²) in [6.45, 7) is 2.91. The Morgan fingerprint density at radius 2 is 2.00 bits per heavy atom. The number of aliphatic carboxylic acids is 1. The number of carboxylic acid groups (broad SMARTS) is 1. The topological polar surface area (TPSA) is 113 Å². The van der Waals surface area contributed by atoms with Gasteiger partial charge in [-0.1, -0.05) is 0 Å². The number of nitrogens with zero attached hydrogens (tertiary/aromatic N) is 1. The Morgan fingerprint density at radius 1 is 1.36 bits per heavy atom. The van der Waals surface area contributed by atoms with Crippen molar-refractivity contribution in [3.63, 3.8) is 0 Å². The van der Waals surface area contributed by atoms with Crippen molar-refractivity contribution in [3.05, 3.63) is 23.8 Å². The highest BCUT2D eigenvalue weighted by atomic mass is 32.2. The lowest BCUT2D eigenvalue weighted by Crippen LogP contribution is -2.40. The summed E-state index contributed by atoms with van der Waals surface area (Å²) in [7, 11) is -2.48. The van der Waals surface area contributed by atoms with E-state index in [0.29, 0.717) is 0 Å². The summed E-state index contributed by atoms with van der Waals surface area (Å²) in [5, 5.41) is 8.98. The van der Waals surface area contributed by atoms with E-state index in [0.717, 1.165) is 17.7 Å². The molecule has 0 aliphatic heterocycles. The molecule has 1 saturated carbocycles. The molecule has 1 aromatic rings. The Balaban J connectivity index is 2.40. The average Bonchev–Trinajstić information content (AvgIpc) is 3.34. The number of carbonyl (C=O) groups is 2. The van der Waals surface area contributed by atoms with Crippen LogP contribution in [0.15, 0.2) is 23.1 Å². The van der Waals surface area contributed by atoms with Gasteiger partial charge in [-0.2, -0.15) is 0 Å². The molecule has 1 aliphatic rings. The molecule has 0 aromatic heterocycles. The molecule has 1 amide bonds. The molecule has 0 saturated heterocycles. The number of ether oxygens (including phenoxy) is 1. The minimum absolute atomic E-state index is 0.0896. The summed E-state index contributed by atoms with van der Waals surface area (Å²) >= 11 is 0. The van der Waals surface area contributed by atoms with Crippen molar-refractivity contribution < 1.29 is 27.9 Å². The van der Waals surface area contributed by atoms with Crippen LogP contribution in [-0.4, -0.2) is 56.0 Å². The first-order valence-corrected chi connectivity index (χ1v) is 9.37. The van der Waals surface area contributed by atoms with E-state index in [1.165, 1.54) is 25.3 Å². The van der Waals surface area contributed by atoms with E-state index in [4.69, 9.17) is 9.84 Å². The second-order valence-electron chi connectivity index (χ2n) is 6.18. The first kappa shape index (κ1) is 19.2. The second-order valence-corrected chi connectivity index (χ2v) is 7.86. The predicted molar refractivity (Wildman–Crippen MR) is 90.1 cm³/mol. The quantitative estimate of drug-likeness (QED) is 0.708. The zero-order chi connectivity index (χ0) is 18.8. The number of amides is 1. The minimum Gasteiger partial charge on any atom is -0.495 e. The van der Waals surface area contributed by atoms with Gasteiger partial charge in [-0.25, -0.2) is 13.1 Å². The Kier molecular flexibility index (Phi) is 5.69. The molecule has 138 valence electrons. The maximum Gasteiger partial charge on any atom is 0.323 e. The molecule has 1 aromatic carbocycles. The lowest BCUT2D eigenvalue weighted by Gasteiger charge is -2.25. The Hall–Kier alpha value is -2.13. The molecule has 9 heteroatoms. The van der Waals surface area contributed by atoms with Gasteiger partial charge in [0.15, 0.2) is 0 Å². The van der Waals surface area contributed by atoms with Crippen molar-refractivity contribution in [2.45, 2.75) is 43.7 Å². The number of carbonyl (C=O) groups excluding carboxylic acids is 1. The van der Waals surface area contributed by atoms with Crippen LogP contribution in [0.3, 0.4) is 0 Å². The molecule has 0 spiro atoms. The van der Waals surface area contributed by atoms with Crippen LogP contribution in [0.2, 0.25) is 0 Å². The summed E-state index contributed by atoms with van der Waals surface area (Å²) in [6, 6.07) is 3.61. The van der Waals surface area contributed by atoms with Gasteiger partial charge in [0, 0.05) is 17.6 Å². The van der Waals surface area contributed by atoms with Crippen molar-refractivity contribution in [2.75, 3.05) is 13.7 Å². The van der Waals surface area contributed by atoms with Gasteiger partial charge in [-0.3, -0.25) is 9.59 Å². The van der Waals surface area contributed by atoms with E-state index in [2.05, 4.69) is 4.72 Å². The largest absolute Gasteiger partial charge is 0.495 e. The standard InChI is InChI=1S/C16H22N2O6S/c1-10(2)18(9-15(19)20)16(21)11-4-7-13(24-3)14(8-11)25(22,23)17-12-5-6-12/h4,7-8,10,12,17H,5-6,9H2,1-3H3,(H,19,20). The molecule has 0 heterocycles. The van der Waals surface area contributed by atoms with Crippen LogP contribution in [-0.2, 0) is 14.8 Å². The smallest absolute Gasteiger partial charge is 0.323 e. The Bertz CT molecular complexity index is 771. The van der Waals surface area contributed by atoms with Gasteiger partial charge in [-0.05, 0) is 44.9 Å². The third-order valence-corrected chi connectivity index (χ3v) is 5.33. The number of carboxylic acids is 1. The summed E-state index contributed by atoms with van der Waals surface area (Å²) in [5.74, 6) is -1.57. The molecule has 8 nitrogen and oxygen atoms in total. The van der Waals surface area contributed by atoms with Crippen LogP contribution in [0.5, 0.6) is 5.75 Å². The Morgan fingerprint density at radius 3 is 2.48 bits per heavy atom. The normalized spacial score (nSPS) is 14.4. The molecular weight excluding hydrogens is 348 g/mol. The number of hydrogen-bond acceptors (Lipinski definition) is 5. The zero-order valence-electron chi connectivity index (χ0n) is 14.4. The van der Waals surface area contributed by atoms with Crippen LogP contribution in [0.25, 0.3) is 0 Å². The highest BCUT2D eigenvalue weighted by Gasteiger charge is 2.31. The first-order chi connectivity index (χ1) is 11.7. The summed E-state index contributed by atoms with van der Waals surface area (Å²) in [4.78, 5) is 24.7. The number of nitrogens with one attached hydrogen (secondary N) is 1. The Labute approximate surface area is 146 Å². The van der Waals surface area contributed by atoms with Crippen LogP contribution in [0, 0.1) is 0 Å². The SMILES string of the molecule is COc1ccc(C(=O)N(CC(=O)O)C(C)C)cc1S(=O)(=O)NC1CC1. The molecule has 0 unspecified atom stereocenters. The third-order valence-electron chi connectivity index (χ3n) is 3.79. The molecule has 0 atom stereocenters. The van der Waals surface area contributed by atoms with Crippen molar-refractivity contribution in [2.24, 2.45) is 0 Å². The number of hydrogen-bond donors (Lipinski definition) is 2. The zero-order valence-corrected chi connectivity index (χ0v) is 15.2. The first-order valence-electron chi connectivity index (χ1n) is 7.89. The van der Waals surface area contributed by atoms with Crippen LogP contribution in [0.1, 0.15) is 37.0 Å². The molecule has 25 heavy (non-hydrogen) atoms. The van der Waals surface area contributed by atoms with E-state index in [1.807, 2.05) is 0 Å². The van der Waals surface area contributed by atoms with Crippen molar-refractivity contribution in [1.29, 1.82) is 0 Å². The lowest BCUT2D eigenvalue weighted by molar-refractivity contribution is -0.138. The van der Waals surface area contributed by atoms with Crippen LogP contribution in [0.4, 0.5) is 0 Å². The van der Waals surface area contributed by atoms with Gasteiger partial charge < -0.3 is 14.7 Å². The molecule has 1 fully saturated rings. The fraction of sp³-hybridized carbons (Fsp3) is 0.500. The van der Waals surface area contributed by atoms with Gasteiger partial charge in [-0.15, -0.1) is 0 Å². The number of sulfonamides is 1. The van der Waals surface area contributed by atoms with Gasteiger partial charge in [0.1, 0.15) is 17.2 Å². The van der Waals surface area contributed by atoms with Gasteiger partial charge >= 0.3 is 5.97 Å². The van der Waals surface area contributed by atoms with Crippen molar-refractivity contribution in [1.82, 2.24) is 9.62 Å². The highest BCUT2D eigenvalue weighted by molar-refractivity contribution is 7.89. The van der Waals surface area contributed by atoms with Crippen LogP contribution >= 0.6 is 0 Å². The summed E-state index contributed by atoms with van der Waals surface area (Å²) < 4.78 is 32.7. The molecule has 1 aliphatic carbocycles. The number of rotatable bonds is 8. The lowest BCUT2D eigenvalue weighted by atomic mass is 10.1. The average molecular weight is 370 g/mol. The summed E-state index contributed by atoms with van der Waals surface area (Å²) in [5.41, 5.74) is 0.0897. The third kappa shape index (κ3) is 4.70. The maximum absolute atomic E-state index is 12.6. The van der Waals surface area contributed by atoms with E-state index >= 15 is 0 Å². The highest BCUT2D eigenvalue weighted by Crippen LogP contribution is 2.28. The fourth-order valence-corrected chi connectivity index (χ4v) is 3.80. The van der Waals surface area contributed by atoms with Gasteiger partial charge in [0.25, 0.3) is 5.91 Å². The maximum atomic E-state index is 12.6. The van der Waals surface area contributed by atoms with Gasteiger partial charge in [0.2, 0.25) is 10.0 Å².